The first-order valence-corrected chi connectivity index (χ1v) is 8.82. The van der Waals surface area contributed by atoms with Gasteiger partial charge in [0.05, 0.1) is 11.8 Å². The number of unbranched alkanes of at least 4 members (excludes halogenated alkanes) is 7. The molecule has 1 amide bonds. The van der Waals surface area contributed by atoms with Gasteiger partial charge in [0.25, 0.3) is 0 Å². The SMILES string of the molecule is CCCCCCCCCCNC(=O)C1CC=CCC1C(=O)O. The number of nitrogens with one attached hydrogen (secondary N) is 1. The van der Waals surface area contributed by atoms with Crippen LogP contribution in [-0.2, 0) is 9.59 Å². The van der Waals surface area contributed by atoms with Crippen LogP contribution < -0.4 is 5.32 Å². The molecule has 4 heteroatoms. The van der Waals surface area contributed by atoms with E-state index in [4.69, 9.17) is 0 Å². The predicted molar refractivity (Wildman–Crippen MR) is 88.6 cm³/mol. The minimum absolute atomic E-state index is 0.0975. The van der Waals surface area contributed by atoms with Crippen molar-refractivity contribution < 1.29 is 14.7 Å². The van der Waals surface area contributed by atoms with Crippen molar-refractivity contribution in [2.45, 2.75) is 71.1 Å². The fourth-order valence-electron chi connectivity index (χ4n) is 2.98. The van der Waals surface area contributed by atoms with Crippen LogP contribution in [0, 0.1) is 11.8 Å². The lowest BCUT2D eigenvalue weighted by Crippen LogP contribution is -2.39. The van der Waals surface area contributed by atoms with E-state index < -0.39 is 17.8 Å². The molecule has 22 heavy (non-hydrogen) atoms. The van der Waals surface area contributed by atoms with Crippen molar-refractivity contribution in [2.24, 2.45) is 11.8 Å². The fraction of sp³-hybridized carbons (Fsp3) is 0.778. The van der Waals surface area contributed by atoms with E-state index in [1.54, 1.807) is 0 Å². The van der Waals surface area contributed by atoms with Crippen LogP contribution in [0.25, 0.3) is 0 Å². The second-order valence-corrected chi connectivity index (χ2v) is 6.26. The third-order valence-corrected chi connectivity index (χ3v) is 4.42. The van der Waals surface area contributed by atoms with Crippen LogP contribution in [-0.4, -0.2) is 23.5 Å². The minimum Gasteiger partial charge on any atom is -0.481 e. The summed E-state index contributed by atoms with van der Waals surface area (Å²) in [5.41, 5.74) is 0. The molecule has 4 nitrogen and oxygen atoms in total. The highest BCUT2D eigenvalue weighted by molar-refractivity contribution is 5.85. The van der Waals surface area contributed by atoms with Gasteiger partial charge in [0.1, 0.15) is 0 Å². The summed E-state index contributed by atoms with van der Waals surface area (Å²) in [5, 5.41) is 12.1. The average molecular weight is 309 g/mol. The number of carboxylic acids is 1. The topological polar surface area (TPSA) is 66.4 Å². The highest BCUT2D eigenvalue weighted by atomic mass is 16.4. The Morgan fingerprint density at radius 3 is 2.09 bits per heavy atom. The van der Waals surface area contributed by atoms with Gasteiger partial charge in [-0.15, -0.1) is 0 Å². The number of aliphatic carboxylic acids is 1. The maximum Gasteiger partial charge on any atom is 0.307 e. The lowest BCUT2D eigenvalue weighted by atomic mass is 9.82. The van der Waals surface area contributed by atoms with Gasteiger partial charge >= 0.3 is 5.97 Å². The molecule has 0 aromatic carbocycles. The van der Waals surface area contributed by atoms with Gasteiger partial charge in [-0.25, -0.2) is 0 Å². The molecule has 126 valence electrons. The van der Waals surface area contributed by atoms with E-state index in [0.717, 1.165) is 12.8 Å². The first-order chi connectivity index (χ1) is 10.7. The summed E-state index contributed by atoms with van der Waals surface area (Å²) in [5.74, 6) is -1.93. The van der Waals surface area contributed by atoms with Crippen molar-refractivity contribution in [1.29, 1.82) is 0 Å². The first-order valence-electron chi connectivity index (χ1n) is 8.82. The van der Waals surface area contributed by atoms with Gasteiger partial charge in [-0.1, -0.05) is 64.0 Å². The standard InChI is InChI=1S/C18H31NO3/c1-2-3-4-5-6-7-8-11-14-19-17(20)15-12-9-10-13-16(15)18(21)22/h9-10,15-16H,2-8,11-14H2,1H3,(H,19,20)(H,21,22). The Labute approximate surface area is 134 Å². The summed E-state index contributed by atoms with van der Waals surface area (Å²) in [7, 11) is 0. The molecule has 0 saturated heterocycles. The van der Waals surface area contributed by atoms with Crippen LogP contribution in [0.1, 0.15) is 71.1 Å². The molecule has 0 radical (unpaired) electrons. The lowest BCUT2D eigenvalue weighted by molar-refractivity contribution is -0.147. The highest BCUT2D eigenvalue weighted by Crippen LogP contribution is 2.26. The Kier molecular flexibility index (Phi) is 9.60. The molecule has 0 spiro atoms. The van der Waals surface area contributed by atoms with Crippen molar-refractivity contribution in [2.75, 3.05) is 6.54 Å². The number of carbonyl (C=O) groups excluding carboxylic acids is 1. The van der Waals surface area contributed by atoms with Gasteiger partial charge in [0, 0.05) is 6.54 Å². The number of hydrogen-bond donors (Lipinski definition) is 2. The van der Waals surface area contributed by atoms with Crippen molar-refractivity contribution in [3.05, 3.63) is 12.2 Å². The largest absolute Gasteiger partial charge is 0.481 e. The molecule has 1 aliphatic carbocycles. The summed E-state index contributed by atoms with van der Waals surface area (Å²) < 4.78 is 0. The molecule has 1 rings (SSSR count). The monoisotopic (exact) mass is 309 g/mol. The zero-order chi connectivity index (χ0) is 16.2. The molecular weight excluding hydrogens is 278 g/mol. The maximum atomic E-state index is 12.1. The second-order valence-electron chi connectivity index (χ2n) is 6.26. The number of rotatable bonds is 11. The van der Waals surface area contributed by atoms with E-state index in [-0.39, 0.29) is 5.91 Å². The van der Waals surface area contributed by atoms with Gasteiger partial charge in [0.2, 0.25) is 5.91 Å². The number of carboxylic acid groups (broad SMARTS) is 1. The quantitative estimate of drug-likeness (QED) is 0.449. The van der Waals surface area contributed by atoms with E-state index >= 15 is 0 Å². The number of allylic oxidation sites excluding steroid dienone is 2. The molecule has 2 unspecified atom stereocenters. The third-order valence-electron chi connectivity index (χ3n) is 4.42. The number of hydrogen-bond acceptors (Lipinski definition) is 2. The molecule has 2 N–H and O–H groups in total. The van der Waals surface area contributed by atoms with Crippen LogP contribution >= 0.6 is 0 Å². The Bertz CT molecular complexity index is 365. The van der Waals surface area contributed by atoms with E-state index in [1.165, 1.54) is 38.5 Å². The van der Waals surface area contributed by atoms with Crippen molar-refractivity contribution in [1.82, 2.24) is 5.32 Å². The summed E-state index contributed by atoms with van der Waals surface area (Å²) in [4.78, 5) is 23.3. The molecule has 0 heterocycles. The first kappa shape index (κ1) is 18.7. The molecule has 0 aromatic rings. The highest BCUT2D eigenvalue weighted by Gasteiger charge is 2.33. The molecule has 0 bridgehead atoms. The Morgan fingerprint density at radius 1 is 0.955 bits per heavy atom. The van der Waals surface area contributed by atoms with Gasteiger partial charge in [-0.05, 0) is 19.3 Å². The van der Waals surface area contributed by atoms with Crippen molar-refractivity contribution >= 4 is 11.9 Å². The van der Waals surface area contributed by atoms with E-state index in [0.29, 0.717) is 19.4 Å². The summed E-state index contributed by atoms with van der Waals surface area (Å²) >= 11 is 0. The van der Waals surface area contributed by atoms with Gasteiger partial charge in [-0.3, -0.25) is 9.59 Å². The number of amides is 1. The smallest absolute Gasteiger partial charge is 0.307 e. The zero-order valence-corrected chi connectivity index (χ0v) is 13.9. The summed E-state index contributed by atoms with van der Waals surface area (Å²) in [6.07, 6.45) is 14.7. The average Bonchev–Trinajstić information content (AvgIpc) is 2.53. The summed E-state index contributed by atoms with van der Waals surface area (Å²) in [6.45, 7) is 2.89. The molecule has 0 aromatic heterocycles. The Balaban J connectivity index is 2.10. The third kappa shape index (κ3) is 7.10. The van der Waals surface area contributed by atoms with Crippen LogP contribution in [0.5, 0.6) is 0 Å². The van der Waals surface area contributed by atoms with Crippen LogP contribution in [0.4, 0.5) is 0 Å². The summed E-state index contributed by atoms with van der Waals surface area (Å²) in [6, 6.07) is 0. The molecule has 0 aliphatic heterocycles. The molecule has 0 fully saturated rings. The van der Waals surface area contributed by atoms with E-state index in [1.807, 2.05) is 12.2 Å². The van der Waals surface area contributed by atoms with Gasteiger partial charge < -0.3 is 10.4 Å². The van der Waals surface area contributed by atoms with Crippen molar-refractivity contribution in [3.63, 3.8) is 0 Å². The number of carbonyl (C=O) groups is 2. The van der Waals surface area contributed by atoms with Crippen molar-refractivity contribution in [3.8, 4) is 0 Å². The molecule has 1 aliphatic rings. The maximum absolute atomic E-state index is 12.1. The van der Waals surface area contributed by atoms with E-state index in [9.17, 15) is 14.7 Å². The lowest BCUT2D eigenvalue weighted by Gasteiger charge is -2.24. The molecule has 0 saturated carbocycles. The van der Waals surface area contributed by atoms with Crippen LogP contribution in [0.15, 0.2) is 12.2 Å². The molecular formula is C18H31NO3. The van der Waals surface area contributed by atoms with Crippen LogP contribution in [0.2, 0.25) is 0 Å². The Hall–Kier alpha value is -1.32. The predicted octanol–water partition coefficient (Wildman–Crippen LogP) is 3.91. The van der Waals surface area contributed by atoms with E-state index in [2.05, 4.69) is 12.2 Å². The van der Waals surface area contributed by atoms with Gasteiger partial charge in [0.15, 0.2) is 0 Å². The minimum atomic E-state index is -0.864. The van der Waals surface area contributed by atoms with Gasteiger partial charge in [-0.2, -0.15) is 0 Å². The Morgan fingerprint density at radius 2 is 1.50 bits per heavy atom. The fourth-order valence-corrected chi connectivity index (χ4v) is 2.98. The zero-order valence-electron chi connectivity index (χ0n) is 13.9. The molecule has 2 atom stereocenters. The van der Waals surface area contributed by atoms with Crippen LogP contribution in [0.3, 0.4) is 0 Å². The second kappa shape index (κ2) is 11.3. The normalized spacial score (nSPS) is 20.8.